The largest absolute Gasteiger partial charge is 0.468 e. The Bertz CT molecular complexity index is 282. The number of carbonyl (C=O) groups is 2. The van der Waals surface area contributed by atoms with Crippen LogP contribution in [0.3, 0.4) is 0 Å². The Morgan fingerprint density at radius 1 is 1.43 bits per heavy atom. The minimum absolute atomic E-state index is 0.988. The van der Waals surface area contributed by atoms with E-state index in [2.05, 4.69) is 9.47 Å². The highest BCUT2D eigenvalue weighted by Crippen LogP contribution is 2.23. The first-order valence-corrected chi connectivity index (χ1v) is 3.69. The average molecular weight is 201 g/mol. The van der Waals surface area contributed by atoms with Crippen molar-refractivity contribution in [1.82, 2.24) is 0 Å². The molecule has 0 aliphatic carbocycles. The second kappa shape index (κ2) is 4.58. The maximum absolute atomic E-state index is 11.1. The molecule has 0 bridgehead atoms. The van der Waals surface area contributed by atoms with Crippen LogP contribution in [0, 0.1) is 16.7 Å². The van der Waals surface area contributed by atoms with Crippen LogP contribution < -0.4 is 0 Å². The summed E-state index contributed by atoms with van der Waals surface area (Å²) in [5, 5.41) is 18.0. The number of nitrogens with zero attached hydrogens (tertiary/aromatic N) is 1. The molecule has 0 saturated heterocycles. The zero-order valence-corrected chi connectivity index (χ0v) is 8.10. The van der Waals surface area contributed by atoms with Crippen molar-refractivity contribution in [1.29, 1.82) is 5.26 Å². The molecule has 0 aliphatic heterocycles. The Morgan fingerprint density at radius 3 is 2.21 bits per heavy atom. The summed E-state index contributed by atoms with van der Waals surface area (Å²) in [6.45, 7) is 1.10. The first kappa shape index (κ1) is 12.4. The molecule has 0 aliphatic rings. The summed E-state index contributed by atoms with van der Waals surface area (Å²) in [5.41, 5.74) is -1.94. The molecule has 0 aromatic heterocycles. The van der Waals surface area contributed by atoms with E-state index in [0.717, 1.165) is 21.1 Å². The minimum Gasteiger partial charge on any atom is -0.468 e. The maximum atomic E-state index is 11.1. The summed E-state index contributed by atoms with van der Waals surface area (Å²) < 4.78 is 8.50. The van der Waals surface area contributed by atoms with Gasteiger partial charge in [-0.25, -0.2) is 4.79 Å². The van der Waals surface area contributed by atoms with Gasteiger partial charge in [-0.15, -0.1) is 0 Å². The Kier molecular flexibility index (Phi) is 4.05. The molecule has 0 spiro atoms. The molecule has 1 N–H and O–H groups in total. The third-order valence-corrected chi connectivity index (χ3v) is 1.81. The number of hydrogen-bond donors (Lipinski definition) is 1. The van der Waals surface area contributed by atoms with Crippen LogP contribution in [0.1, 0.15) is 6.92 Å². The third kappa shape index (κ3) is 2.00. The highest BCUT2D eigenvalue weighted by atomic mass is 16.5. The molecule has 0 aromatic rings. The van der Waals surface area contributed by atoms with Crippen molar-refractivity contribution in [2.24, 2.45) is 5.41 Å². The van der Waals surface area contributed by atoms with Crippen LogP contribution in [0.5, 0.6) is 0 Å². The molecule has 0 heterocycles. The van der Waals surface area contributed by atoms with Gasteiger partial charge in [0.1, 0.15) is 0 Å². The van der Waals surface area contributed by atoms with E-state index in [9.17, 15) is 14.7 Å². The van der Waals surface area contributed by atoms with Crippen molar-refractivity contribution in [3.05, 3.63) is 0 Å². The number of ether oxygens (including phenoxy) is 2. The van der Waals surface area contributed by atoms with E-state index in [1.807, 2.05) is 0 Å². The van der Waals surface area contributed by atoms with Crippen LogP contribution >= 0.6 is 0 Å². The van der Waals surface area contributed by atoms with Crippen LogP contribution in [-0.4, -0.2) is 37.4 Å². The van der Waals surface area contributed by atoms with Gasteiger partial charge in [0.15, 0.2) is 11.5 Å². The van der Waals surface area contributed by atoms with Gasteiger partial charge in [0, 0.05) is 0 Å². The van der Waals surface area contributed by atoms with Crippen LogP contribution in [0.2, 0.25) is 0 Å². The molecule has 0 amide bonds. The van der Waals surface area contributed by atoms with E-state index in [1.54, 1.807) is 0 Å². The predicted octanol–water partition coefficient (Wildman–Crippen LogP) is -0.777. The Balaban J connectivity index is 4.97. The SMILES string of the molecule is COC(=O)[C@H](O)[C@](C)(C#N)C(=O)OC. The fourth-order valence-corrected chi connectivity index (χ4v) is 0.778. The highest BCUT2D eigenvalue weighted by molar-refractivity contribution is 5.88. The van der Waals surface area contributed by atoms with Gasteiger partial charge in [-0.3, -0.25) is 4.79 Å². The summed E-state index contributed by atoms with van der Waals surface area (Å²) in [6.07, 6.45) is -1.86. The molecule has 6 heteroatoms. The second-order valence-corrected chi connectivity index (χ2v) is 2.73. The highest BCUT2D eigenvalue weighted by Gasteiger charge is 2.47. The lowest BCUT2D eigenvalue weighted by Crippen LogP contribution is -2.44. The Morgan fingerprint density at radius 2 is 1.93 bits per heavy atom. The zero-order valence-electron chi connectivity index (χ0n) is 8.10. The average Bonchev–Trinajstić information content (AvgIpc) is 2.24. The molecule has 6 nitrogen and oxygen atoms in total. The predicted molar refractivity (Wildman–Crippen MR) is 43.8 cm³/mol. The van der Waals surface area contributed by atoms with Crippen molar-refractivity contribution in [3.8, 4) is 6.07 Å². The summed E-state index contributed by atoms with van der Waals surface area (Å²) in [5.74, 6) is -2.04. The summed E-state index contributed by atoms with van der Waals surface area (Å²) >= 11 is 0. The fourth-order valence-electron chi connectivity index (χ4n) is 0.778. The van der Waals surface area contributed by atoms with E-state index in [1.165, 1.54) is 6.07 Å². The van der Waals surface area contributed by atoms with Crippen molar-refractivity contribution >= 4 is 11.9 Å². The molecular formula is C8H11NO5. The molecule has 0 fully saturated rings. The normalized spacial score (nSPS) is 15.9. The molecule has 0 radical (unpaired) electrons. The number of aliphatic hydroxyl groups is 1. The smallest absolute Gasteiger partial charge is 0.337 e. The monoisotopic (exact) mass is 201 g/mol. The van der Waals surface area contributed by atoms with E-state index < -0.39 is 23.5 Å². The molecule has 78 valence electrons. The standard InChI is InChI=1S/C8H11NO5/c1-8(4-9,7(12)14-3)5(10)6(11)13-2/h5,10H,1-3H3/t5-,8-/m0/s1. The van der Waals surface area contributed by atoms with E-state index >= 15 is 0 Å². The van der Waals surface area contributed by atoms with Gasteiger partial charge in [0.25, 0.3) is 0 Å². The topological polar surface area (TPSA) is 96.6 Å². The van der Waals surface area contributed by atoms with Gasteiger partial charge in [0.05, 0.1) is 20.3 Å². The molecule has 2 atom stereocenters. The molecular weight excluding hydrogens is 190 g/mol. The van der Waals surface area contributed by atoms with Crippen LogP contribution in [-0.2, 0) is 19.1 Å². The fraction of sp³-hybridized carbons (Fsp3) is 0.625. The first-order valence-electron chi connectivity index (χ1n) is 3.69. The van der Waals surface area contributed by atoms with Crippen molar-refractivity contribution in [2.75, 3.05) is 14.2 Å². The molecule has 0 rings (SSSR count). The van der Waals surface area contributed by atoms with Crippen molar-refractivity contribution in [2.45, 2.75) is 13.0 Å². The first-order chi connectivity index (χ1) is 6.43. The number of aliphatic hydroxyl groups excluding tert-OH is 1. The lowest BCUT2D eigenvalue weighted by molar-refractivity contribution is -0.167. The number of rotatable bonds is 3. The number of hydrogen-bond acceptors (Lipinski definition) is 6. The van der Waals surface area contributed by atoms with Gasteiger partial charge in [-0.2, -0.15) is 5.26 Å². The van der Waals surface area contributed by atoms with Gasteiger partial charge >= 0.3 is 11.9 Å². The maximum Gasteiger partial charge on any atom is 0.337 e. The quantitative estimate of drug-likeness (QED) is 0.602. The summed E-state index contributed by atoms with van der Waals surface area (Å²) in [4.78, 5) is 22.0. The molecule has 0 saturated carbocycles. The number of nitriles is 1. The lowest BCUT2D eigenvalue weighted by atomic mass is 9.86. The number of methoxy groups -OCH3 is 2. The number of esters is 2. The van der Waals surface area contributed by atoms with E-state index in [-0.39, 0.29) is 0 Å². The number of carbonyl (C=O) groups excluding carboxylic acids is 2. The van der Waals surface area contributed by atoms with E-state index in [0.29, 0.717) is 0 Å². The van der Waals surface area contributed by atoms with Gasteiger partial charge < -0.3 is 14.6 Å². The second-order valence-electron chi connectivity index (χ2n) is 2.73. The Labute approximate surface area is 81.0 Å². The van der Waals surface area contributed by atoms with Crippen LogP contribution in [0.25, 0.3) is 0 Å². The molecule has 0 unspecified atom stereocenters. The summed E-state index contributed by atoms with van der Waals surface area (Å²) in [7, 11) is 2.10. The van der Waals surface area contributed by atoms with E-state index in [4.69, 9.17) is 5.26 Å². The summed E-state index contributed by atoms with van der Waals surface area (Å²) in [6, 6.07) is 1.52. The van der Waals surface area contributed by atoms with Gasteiger partial charge in [0.2, 0.25) is 0 Å². The zero-order chi connectivity index (χ0) is 11.4. The van der Waals surface area contributed by atoms with Gasteiger partial charge in [-0.05, 0) is 6.92 Å². The minimum atomic E-state index is -1.94. The van der Waals surface area contributed by atoms with Crippen LogP contribution in [0.15, 0.2) is 0 Å². The third-order valence-electron chi connectivity index (χ3n) is 1.81. The van der Waals surface area contributed by atoms with Crippen LogP contribution in [0.4, 0.5) is 0 Å². The van der Waals surface area contributed by atoms with Gasteiger partial charge in [-0.1, -0.05) is 0 Å². The molecule has 0 aromatic carbocycles. The lowest BCUT2D eigenvalue weighted by Gasteiger charge is -2.22. The van der Waals surface area contributed by atoms with Crippen molar-refractivity contribution in [3.63, 3.8) is 0 Å². The Hall–Kier alpha value is -1.61. The molecule has 14 heavy (non-hydrogen) atoms. The van der Waals surface area contributed by atoms with Crippen molar-refractivity contribution < 1.29 is 24.2 Å².